The minimum Gasteiger partial charge on any atom is -0.368 e. The van der Waals surface area contributed by atoms with Crippen molar-refractivity contribution in [2.75, 3.05) is 42.9 Å². The number of imide groups is 1. The number of pyridine rings is 1. The van der Waals surface area contributed by atoms with E-state index in [1.807, 2.05) is 12.1 Å². The summed E-state index contributed by atoms with van der Waals surface area (Å²) in [5, 5.41) is 2.71. The SMILES string of the molecule is O=C(Nc1cccc2c1C(=O)N(CCC(=O)N1CCN(c3ccncc3)CC1)C2=O)c1ccc(Cl)s1. The summed E-state index contributed by atoms with van der Waals surface area (Å²) in [4.78, 5) is 60.9. The first-order valence-electron chi connectivity index (χ1n) is 11.4. The van der Waals surface area contributed by atoms with Gasteiger partial charge in [0.25, 0.3) is 17.7 Å². The number of carbonyl (C=O) groups excluding carboxylic acids is 4. The number of fused-ring (bicyclic) bond motifs is 1. The van der Waals surface area contributed by atoms with Crippen molar-refractivity contribution in [3.8, 4) is 0 Å². The Bertz CT molecular complexity index is 1340. The zero-order valence-electron chi connectivity index (χ0n) is 19.1. The Balaban J connectivity index is 1.20. The molecule has 184 valence electrons. The number of nitrogens with one attached hydrogen (secondary N) is 1. The average Bonchev–Trinajstić information content (AvgIpc) is 3.44. The van der Waals surface area contributed by atoms with Crippen molar-refractivity contribution in [2.24, 2.45) is 0 Å². The molecule has 2 aliphatic heterocycles. The fourth-order valence-corrected chi connectivity index (χ4v) is 5.33. The summed E-state index contributed by atoms with van der Waals surface area (Å²) < 4.78 is 0.472. The maximum atomic E-state index is 13.1. The fraction of sp³-hybridized carbons (Fsp3) is 0.240. The Morgan fingerprint density at radius 2 is 1.72 bits per heavy atom. The summed E-state index contributed by atoms with van der Waals surface area (Å²) in [5.74, 6) is -1.52. The van der Waals surface area contributed by atoms with E-state index in [4.69, 9.17) is 11.6 Å². The minimum absolute atomic E-state index is 0.0241. The summed E-state index contributed by atoms with van der Waals surface area (Å²) >= 11 is 7.03. The summed E-state index contributed by atoms with van der Waals surface area (Å²) in [6, 6.07) is 11.8. The quantitative estimate of drug-likeness (QED) is 0.497. The number of amides is 4. The van der Waals surface area contributed by atoms with Gasteiger partial charge in [-0.15, -0.1) is 11.3 Å². The van der Waals surface area contributed by atoms with Gasteiger partial charge in [-0.25, -0.2) is 0 Å². The van der Waals surface area contributed by atoms with Crippen LogP contribution in [-0.2, 0) is 4.79 Å². The average molecular weight is 524 g/mol. The second kappa shape index (κ2) is 10.1. The highest BCUT2D eigenvalue weighted by molar-refractivity contribution is 7.18. The molecule has 0 bridgehead atoms. The Labute approximate surface area is 216 Å². The molecule has 2 aliphatic rings. The third kappa shape index (κ3) is 4.69. The van der Waals surface area contributed by atoms with E-state index in [0.717, 1.165) is 21.9 Å². The molecule has 0 atom stereocenters. The van der Waals surface area contributed by atoms with E-state index in [0.29, 0.717) is 35.4 Å². The standard InChI is InChI=1S/C25H22ClN5O4S/c26-20-5-4-19(36-20)23(33)28-18-3-1-2-17-22(18)25(35)31(24(17)34)11-8-21(32)30-14-12-29(13-15-30)16-6-9-27-10-7-16/h1-7,9-10H,8,11-15H2,(H,28,33). The number of halogens is 1. The zero-order valence-corrected chi connectivity index (χ0v) is 20.7. The Morgan fingerprint density at radius 1 is 0.972 bits per heavy atom. The van der Waals surface area contributed by atoms with Gasteiger partial charge in [-0.2, -0.15) is 0 Å². The number of carbonyl (C=O) groups is 4. The smallest absolute Gasteiger partial charge is 0.265 e. The molecule has 5 rings (SSSR count). The van der Waals surface area contributed by atoms with E-state index in [1.165, 1.54) is 0 Å². The van der Waals surface area contributed by atoms with Crippen LogP contribution in [0.3, 0.4) is 0 Å². The molecule has 4 heterocycles. The fourth-order valence-electron chi connectivity index (χ4n) is 4.40. The largest absolute Gasteiger partial charge is 0.368 e. The van der Waals surface area contributed by atoms with Gasteiger partial charge >= 0.3 is 0 Å². The first-order chi connectivity index (χ1) is 17.4. The van der Waals surface area contributed by atoms with Crippen molar-refractivity contribution >= 4 is 57.9 Å². The van der Waals surface area contributed by atoms with Gasteiger partial charge in [-0.1, -0.05) is 17.7 Å². The van der Waals surface area contributed by atoms with E-state index in [-0.39, 0.29) is 35.7 Å². The van der Waals surface area contributed by atoms with Crippen LogP contribution in [0.1, 0.15) is 36.8 Å². The number of rotatable bonds is 6. The maximum absolute atomic E-state index is 13.1. The highest BCUT2D eigenvalue weighted by atomic mass is 35.5. The number of piperazine rings is 1. The summed E-state index contributed by atoms with van der Waals surface area (Å²) in [6.07, 6.45) is 3.52. The number of hydrogen-bond donors (Lipinski definition) is 1. The van der Waals surface area contributed by atoms with Gasteiger partial charge in [-0.3, -0.25) is 29.1 Å². The van der Waals surface area contributed by atoms with Crippen molar-refractivity contribution < 1.29 is 19.2 Å². The topological polar surface area (TPSA) is 103 Å². The third-order valence-electron chi connectivity index (χ3n) is 6.25. The molecule has 1 aromatic carbocycles. The van der Waals surface area contributed by atoms with E-state index < -0.39 is 17.7 Å². The molecule has 0 unspecified atom stereocenters. The van der Waals surface area contributed by atoms with Gasteiger partial charge in [0.15, 0.2) is 0 Å². The van der Waals surface area contributed by atoms with Crippen LogP contribution in [0.25, 0.3) is 0 Å². The molecular formula is C25H22ClN5O4S. The maximum Gasteiger partial charge on any atom is 0.265 e. The predicted octanol–water partition coefficient (Wildman–Crippen LogP) is 3.38. The van der Waals surface area contributed by atoms with Gasteiger partial charge in [0, 0.05) is 57.2 Å². The lowest BCUT2D eigenvalue weighted by Crippen LogP contribution is -2.49. The van der Waals surface area contributed by atoms with Crippen LogP contribution in [0.15, 0.2) is 54.9 Å². The number of anilines is 2. The number of hydrogen-bond acceptors (Lipinski definition) is 7. The Kier molecular flexibility index (Phi) is 6.71. The van der Waals surface area contributed by atoms with Gasteiger partial charge in [0.05, 0.1) is 26.0 Å². The number of nitrogens with zero attached hydrogens (tertiary/aromatic N) is 4. The number of thiophene rings is 1. The van der Waals surface area contributed by atoms with E-state index >= 15 is 0 Å². The molecule has 3 aromatic rings. The summed E-state index contributed by atoms with van der Waals surface area (Å²) in [5.41, 5.74) is 1.66. The zero-order chi connectivity index (χ0) is 25.2. The van der Waals surface area contributed by atoms with E-state index in [1.54, 1.807) is 47.6 Å². The Hall–Kier alpha value is -3.76. The van der Waals surface area contributed by atoms with Crippen LogP contribution >= 0.6 is 22.9 Å². The summed E-state index contributed by atoms with van der Waals surface area (Å²) in [7, 11) is 0. The molecule has 36 heavy (non-hydrogen) atoms. The summed E-state index contributed by atoms with van der Waals surface area (Å²) in [6.45, 7) is 2.49. The molecule has 1 N–H and O–H groups in total. The molecular weight excluding hydrogens is 502 g/mol. The van der Waals surface area contributed by atoms with Crippen LogP contribution in [0.5, 0.6) is 0 Å². The molecule has 0 saturated carbocycles. The lowest BCUT2D eigenvalue weighted by molar-refractivity contribution is -0.131. The van der Waals surface area contributed by atoms with Crippen molar-refractivity contribution in [3.63, 3.8) is 0 Å². The second-order valence-corrected chi connectivity index (χ2v) is 10.1. The monoisotopic (exact) mass is 523 g/mol. The molecule has 0 spiro atoms. The lowest BCUT2D eigenvalue weighted by Gasteiger charge is -2.36. The van der Waals surface area contributed by atoms with E-state index in [9.17, 15) is 19.2 Å². The molecule has 1 saturated heterocycles. The highest BCUT2D eigenvalue weighted by Crippen LogP contribution is 2.31. The van der Waals surface area contributed by atoms with Crippen molar-refractivity contribution in [2.45, 2.75) is 6.42 Å². The first-order valence-corrected chi connectivity index (χ1v) is 12.6. The molecule has 0 aliphatic carbocycles. The third-order valence-corrected chi connectivity index (χ3v) is 7.48. The normalized spacial score (nSPS) is 15.3. The van der Waals surface area contributed by atoms with E-state index in [2.05, 4.69) is 15.2 Å². The van der Waals surface area contributed by atoms with Crippen LogP contribution in [0.2, 0.25) is 4.34 Å². The highest BCUT2D eigenvalue weighted by Gasteiger charge is 2.38. The molecule has 0 radical (unpaired) electrons. The van der Waals surface area contributed by atoms with Crippen LogP contribution < -0.4 is 10.2 Å². The number of aromatic nitrogens is 1. The first kappa shape index (κ1) is 24.0. The van der Waals surface area contributed by atoms with Crippen LogP contribution in [0.4, 0.5) is 11.4 Å². The van der Waals surface area contributed by atoms with Gasteiger partial charge in [0.1, 0.15) is 0 Å². The van der Waals surface area contributed by atoms with Gasteiger partial charge < -0.3 is 15.1 Å². The number of benzene rings is 1. The second-order valence-electron chi connectivity index (χ2n) is 8.37. The molecule has 2 aromatic heterocycles. The van der Waals surface area contributed by atoms with Crippen LogP contribution in [-0.4, -0.2) is 71.1 Å². The minimum atomic E-state index is -0.523. The van der Waals surface area contributed by atoms with Crippen molar-refractivity contribution in [3.05, 3.63) is 75.2 Å². The lowest BCUT2D eigenvalue weighted by atomic mass is 10.1. The van der Waals surface area contributed by atoms with Crippen molar-refractivity contribution in [1.29, 1.82) is 0 Å². The van der Waals surface area contributed by atoms with Crippen LogP contribution in [0, 0.1) is 0 Å². The predicted molar refractivity (Wildman–Crippen MR) is 137 cm³/mol. The Morgan fingerprint density at radius 3 is 2.42 bits per heavy atom. The molecule has 11 heteroatoms. The molecule has 1 fully saturated rings. The van der Waals surface area contributed by atoms with Gasteiger partial charge in [-0.05, 0) is 36.4 Å². The van der Waals surface area contributed by atoms with Crippen molar-refractivity contribution in [1.82, 2.24) is 14.8 Å². The molecule has 9 nitrogen and oxygen atoms in total. The molecule has 4 amide bonds. The van der Waals surface area contributed by atoms with Gasteiger partial charge in [0.2, 0.25) is 5.91 Å².